The van der Waals surface area contributed by atoms with Gasteiger partial charge >= 0.3 is 0 Å². The highest BCUT2D eigenvalue weighted by Gasteiger charge is 2.32. The van der Waals surface area contributed by atoms with Crippen LogP contribution < -0.4 is 9.80 Å². The van der Waals surface area contributed by atoms with Gasteiger partial charge in [0.15, 0.2) is 5.17 Å². The molecule has 0 aliphatic carbocycles. The molecule has 2 aliphatic rings. The molecule has 2 saturated heterocycles. The van der Waals surface area contributed by atoms with Crippen LogP contribution in [-0.2, 0) is 16.0 Å². The average molecular weight is 491 g/mol. The number of rotatable bonds is 6. The molecule has 0 radical (unpaired) electrons. The van der Waals surface area contributed by atoms with E-state index in [-0.39, 0.29) is 17.1 Å². The van der Waals surface area contributed by atoms with Crippen LogP contribution in [0.3, 0.4) is 0 Å². The summed E-state index contributed by atoms with van der Waals surface area (Å²) in [6.45, 7) is 11.5. The molecule has 1 N–H and O–H groups in total. The summed E-state index contributed by atoms with van der Waals surface area (Å²) >= 11 is 1.23. The number of nitrogens with one attached hydrogen (secondary N) is 1. The van der Waals surface area contributed by atoms with E-state index in [1.54, 1.807) is 6.92 Å². The summed E-state index contributed by atoms with van der Waals surface area (Å²) in [4.78, 5) is 18.6. The van der Waals surface area contributed by atoms with Crippen molar-refractivity contribution in [1.82, 2.24) is 14.5 Å². The number of thioether (sulfide) groups is 1. The predicted molar refractivity (Wildman–Crippen MR) is 136 cm³/mol. The molecule has 0 spiro atoms. The second-order valence-corrected chi connectivity index (χ2v) is 10.6. The number of amides is 1. The monoisotopic (exact) mass is 490 g/mol. The van der Waals surface area contributed by atoms with E-state index < -0.39 is 6.17 Å². The van der Waals surface area contributed by atoms with E-state index in [1.165, 1.54) is 18.7 Å². The molecule has 2 atom stereocenters. The molecule has 1 amide bonds. The maximum absolute atomic E-state index is 13.7. The minimum atomic E-state index is -0.996. The fourth-order valence-electron chi connectivity index (χ4n) is 4.38. The second kappa shape index (κ2) is 10.1. The van der Waals surface area contributed by atoms with Gasteiger partial charge in [-0.05, 0) is 32.4 Å². The number of halogens is 1. The van der Waals surface area contributed by atoms with E-state index in [9.17, 15) is 9.18 Å². The normalized spacial score (nSPS) is 18.6. The van der Waals surface area contributed by atoms with Gasteiger partial charge in [-0.15, -0.1) is 0 Å². The largest absolute Gasteiger partial charge is 0.380 e. The standard InChI is InChI=1S/C24H35FN6O2S/c1-6-20-22(28(5)24(26)34-17(4)16(3)25)21-12-19(11-15(2)31(21)27-20)29-7-9-30(10-8-29)23(32)18-13-33-14-18/h11-12,16-18,26H,6-10,13-14H2,1-5H3/t16?,17-/m1/s1. The summed E-state index contributed by atoms with van der Waals surface area (Å²) in [5.74, 6) is 0.233. The highest BCUT2D eigenvalue weighted by molar-refractivity contribution is 8.14. The number of hydrogen-bond acceptors (Lipinski definition) is 6. The first kappa shape index (κ1) is 24.8. The molecule has 10 heteroatoms. The fourth-order valence-corrected chi connectivity index (χ4v) is 5.17. The minimum absolute atomic E-state index is 0.0267. The lowest BCUT2D eigenvalue weighted by atomic mass is 10.1. The van der Waals surface area contributed by atoms with Crippen molar-refractivity contribution in [2.75, 3.05) is 56.2 Å². The molecule has 34 heavy (non-hydrogen) atoms. The van der Waals surface area contributed by atoms with Crippen LogP contribution in [0.1, 0.15) is 32.2 Å². The first-order chi connectivity index (χ1) is 16.2. The number of anilines is 2. The molecule has 2 aromatic heterocycles. The summed E-state index contributed by atoms with van der Waals surface area (Å²) in [5, 5.41) is 13.4. The smallest absolute Gasteiger partial charge is 0.230 e. The lowest BCUT2D eigenvalue weighted by Crippen LogP contribution is -2.53. The lowest BCUT2D eigenvalue weighted by Gasteiger charge is -2.39. The number of amidine groups is 1. The van der Waals surface area contributed by atoms with Crippen LogP contribution in [0.15, 0.2) is 12.1 Å². The van der Waals surface area contributed by atoms with Crippen LogP contribution in [0.2, 0.25) is 0 Å². The maximum Gasteiger partial charge on any atom is 0.230 e. The molecule has 1 unspecified atom stereocenters. The third-order valence-electron chi connectivity index (χ3n) is 6.80. The number of carbonyl (C=O) groups excluding carboxylic acids is 1. The SMILES string of the molecule is CCc1nn2c(C)cc(N3CCN(C(=O)C4COC4)CC3)cc2c1N(C)C(=N)S[C@H](C)C(C)F. The number of ether oxygens (including phenoxy) is 1. The van der Waals surface area contributed by atoms with Crippen molar-refractivity contribution in [2.45, 2.75) is 45.5 Å². The number of pyridine rings is 1. The molecule has 8 nitrogen and oxygen atoms in total. The Kier molecular flexibility index (Phi) is 7.37. The van der Waals surface area contributed by atoms with Gasteiger partial charge in [0.1, 0.15) is 6.17 Å². The summed E-state index contributed by atoms with van der Waals surface area (Å²) < 4.78 is 20.8. The third kappa shape index (κ3) is 4.75. The van der Waals surface area contributed by atoms with Crippen LogP contribution in [0.25, 0.3) is 5.52 Å². The molecular weight excluding hydrogens is 455 g/mol. The maximum atomic E-state index is 13.7. The summed E-state index contributed by atoms with van der Waals surface area (Å²) in [7, 11) is 1.86. The molecular formula is C24H35FN6O2S. The van der Waals surface area contributed by atoms with E-state index in [0.717, 1.165) is 47.8 Å². The van der Waals surface area contributed by atoms with Gasteiger partial charge in [-0.2, -0.15) is 5.10 Å². The molecule has 2 aromatic rings. The fraction of sp³-hybridized carbons (Fsp3) is 0.625. The number of aromatic nitrogens is 2. The van der Waals surface area contributed by atoms with Crippen LogP contribution in [0.5, 0.6) is 0 Å². The van der Waals surface area contributed by atoms with Crippen molar-refractivity contribution in [3.63, 3.8) is 0 Å². The highest BCUT2D eigenvalue weighted by Crippen LogP contribution is 2.33. The van der Waals surface area contributed by atoms with Crippen LogP contribution in [-0.4, -0.2) is 83.5 Å². The molecule has 186 valence electrons. The quantitative estimate of drug-likeness (QED) is 0.494. The Morgan fingerprint density at radius 3 is 2.53 bits per heavy atom. The average Bonchev–Trinajstić information content (AvgIpc) is 3.16. The van der Waals surface area contributed by atoms with Crippen LogP contribution in [0.4, 0.5) is 15.8 Å². The molecule has 4 heterocycles. The topological polar surface area (TPSA) is 77.2 Å². The van der Waals surface area contributed by atoms with Gasteiger partial charge in [-0.3, -0.25) is 10.2 Å². The zero-order valence-corrected chi connectivity index (χ0v) is 21.5. The van der Waals surface area contributed by atoms with Crippen molar-refractivity contribution in [2.24, 2.45) is 5.92 Å². The molecule has 2 aliphatic heterocycles. The lowest BCUT2D eigenvalue weighted by molar-refractivity contribution is -0.150. The van der Waals surface area contributed by atoms with E-state index in [1.807, 2.05) is 28.3 Å². The van der Waals surface area contributed by atoms with Gasteiger partial charge in [0.25, 0.3) is 0 Å². The van der Waals surface area contributed by atoms with Crippen molar-refractivity contribution in [3.05, 3.63) is 23.5 Å². The van der Waals surface area contributed by atoms with Gasteiger partial charge in [-0.1, -0.05) is 25.6 Å². The molecule has 0 bridgehead atoms. The Morgan fingerprint density at radius 1 is 1.29 bits per heavy atom. The highest BCUT2D eigenvalue weighted by atomic mass is 32.2. The zero-order valence-electron chi connectivity index (χ0n) is 20.7. The molecule has 4 rings (SSSR count). The number of alkyl halides is 1. The van der Waals surface area contributed by atoms with Gasteiger partial charge in [0.2, 0.25) is 5.91 Å². The van der Waals surface area contributed by atoms with E-state index in [2.05, 4.69) is 24.0 Å². The Bertz CT molecular complexity index is 1060. The van der Waals surface area contributed by atoms with Crippen molar-refractivity contribution >= 4 is 39.7 Å². The Hall–Kier alpha value is -2.33. The predicted octanol–water partition coefficient (Wildman–Crippen LogP) is 3.35. The number of piperazine rings is 1. The van der Waals surface area contributed by atoms with Crippen molar-refractivity contribution in [3.8, 4) is 0 Å². The van der Waals surface area contributed by atoms with Crippen molar-refractivity contribution in [1.29, 1.82) is 5.41 Å². The van der Waals surface area contributed by atoms with Gasteiger partial charge in [-0.25, -0.2) is 8.91 Å². The van der Waals surface area contributed by atoms with Crippen LogP contribution in [0, 0.1) is 18.3 Å². The minimum Gasteiger partial charge on any atom is -0.380 e. The Morgan fingerprint density at radius 2 is 1.97 bits per heavy atom. The first-order valence-electron chi connectivity index (χ1n) is 12.0. The van der Waals surface area contributed by atoms with E-state index in [0.29, 0.717) is 31.5 Å². The van der Waals surface area contributed by atoms with E-state index >= 15 is 0 Å². The summed E-state index contributed by atoms with van der Waals surface area (Å²) in [5.41, 5.74) is 4.84. The third-order valence-corrected chi connectivity index (χ3v) is 8.05. The van der Waals surface area contributed by atoms with Crippen molar-refractivity contribution < 1.29 is 13.9 Å². The number of carbonyl (C=O) groups is 1. The van der Waals surface area contributed by atoms with E-state index in [4.69, 9.17) is 15.2 Å². The van der Waals surface area contributed by atoms with Gasteiger partial charge < -0.3 is 19.4 Å². The molecule has 0 aromatic carbocycles. The first-order valence-corrected chi connectivity index (χ1v) is 12.9. The summed E-state index contributed by atoms with van der Waals surface area (Å²) in [6.07, 6.45) is -0.265. The number of nitrogens with zero attached hydrogens (tertiary/aromatic N) is 5. The number of aryl methyl sites for hydroxylation is 2. The van der Waals surface area contributed by atoms with Gasteiger partial charge in [0.05, 0.1) is 36.0 Å². The number of hydrogen-bond donors (Lipinski definition) is 1. The van der Waals surface area contributed by atoms with Crippen LogP contribution >= 0.6 is 11.8 Å². The zero-order chi connectivity index (χ0) is 24.6. The molecule has 2 fully saturated rings. The Labute approximate surface area is 204 Å². The second-order valence-electron chi connectivity index (χ2n) is 9.21. The molecule has 0 saturated carbocycles. The number of fused-ring (bicyclic) bond motifs is 1. The summed E-state index contributed by atoms with van der Waals surface area (Å²) in [6, 6.07) is 4.26. The van der Waals surface area contributed by atoms with Gasteiger partial charge in [0, 0.05) is 49.9 Å². The Balaban J connectivity index is 1.58.